The number of hydrogen-bond donors (Lipinski definition) is 0. The fourth-order valence-electron chi connectivity index (χ4n) is 2.56. The zero-order valence-corrected chi connectivity index (χ0v) is 11.1. The molecule has 0 spiro atoms. The van der Waals surface area contributed by atoms with E-state index < -0.39 is 0 Å². The maximum atomic E-state index is 2.74. The molecule has 0 aliphatic carbocycles. The molecule has 0 aromatic carbocycles. The summed E-state index contributed by atoms with van der Waals surface area (Å²) in [5.74, 6) is 1.83. The lowest BCUT2D eigenvalue weighted by atomic mass is 9.94. The molecule has 15 heavy (non-hydrogen) atoms. The summed E-state index contributed by atoms with van der Waals surface area (Å²) in [6.45, 7) is 12.1. The molecule has 1 aliphatic rings. The van der Waals surface area contributed by atoms with E-state index in [0.717, 1.165) is 17.9 Å². The summed E-state index contributed by atoms with van der Waals surface area (Å²) < 4.78 is 0. The van der Waals surface area contributed by atoms with Crippen molar-refractivity contribution < 1.29 is 0 Å². The second kappa shape index (κ2) is 6.52. The number of nitrogens with zero attached hydrogens (tertiary/aromatic N) is 1. The highest BCUT2D eigenvalue weighted by Gasteiger charge is 2.21. The number of piperidine rings is 1. The Bertz CT molecular complexity index is 157. The van der Waals surface area contributed by atoms with Gasteiger partial charge in [-0.15, -0.1) is 0 Å². The summed E-state index contributed by atoms with van der Waals surface area (Å²) in [6, 6.07) is 0.861. The fourth-order valence-corrected chi connectivity index (χ4v) is 2.56. The van der Waals surface area contributed by atoms with Crippen molar-refractivity contribution in [2.45, 2.75) is 65.8 Å². The highest BCUT2D eigenvalue weighted by atomic mass is 15.2. The summed E-state index contributed by atoms with van der Waals surface area (Å²) in [7, 11) is 0. The Labute approximate surface area is 96.2 Å². The standard InChI is InChI=1S/C14H29N/c1-5-14(7-6-12(2)3)15-10-8-13(4)9-11-15/h12-14H,5-11H2,1-4H3. The normalized spacial score (nSPS) is 22.2. The summed E-state index contributed by atoms with van der Waals surface area (Å²) >= 11 is 0. The van der Waals surface area contributed by atoms with E-state index in [1.807, 2.05) is 0 Å². The van der Waals surface area contributed by atoms with E-state index in [2.05, 4.69) is 32.6 Å². The lowest BCUT2D eigenvalue weighted by Crippen LogP contribution is -2.40. The molecule has 0 aromatic heterocycles. The molecule has 90 valence electrons. The van der Waals surface area contributed by atoms with Gasteiger partial charge in [0.1, 0.15) is 0 Å². The summed E-state index contributed by atoms with van der Waals surface area (Å²) in [5.41, 5.74) is 0. The van der Waals surface area contributed by atoms with Crippen LogP contribution in [0.4, 0.5) is 0 Å². The predicted octanol–water partition coefficient (Wildman–Crippen LogP) is 3.93. The molecule has 1 aliphatic heterocycles. The third-order valence-corrected chi connectivity index (χ3v) is 3.88. The van der Waals surface area contributed by atoms with E-state index in [-0.39, 0.29) is 0 Å². The lowest BCUT2D eigenvalue weighted by molar-refractivity contribution is 0.124. The Balaban J connectivity index is 2.31. The van der Waals surface area contributed by atoms with Crippen LogP contribution < -0.4 is 0 Å². The van der Waals surface area contributed by atoms with Gasteiger partial charge in [0.05, 0.1) is 0 Å². The van der Waals surface area contributed by atoms with Crippen molar-refractivity contribution in [3.05, 3.63) is 0 Å². The van der Waals surface area contributed by atoms with Gasteiger partial charge in [0.15, 0.2) is 0 Å². The van der Waals surface area contributed by atoms with Crippen LogP contribution in [0.25, 0.3) is 0 Å². The van der Waals surface area contributed by atoms with E-state index >= 15 is 0 Å². The van der Waals surface area contributed by atoms with Crippen molar-refractivity contribution in [2.75, 3.05) is 13.1 Å². The molecule has 1 heteroatoms. The molecule has 0 radical (unpaired) electrons. The first-order chi connectivity index (χ1) is 7.13. The van der Waals surface area contributed by atoms with Gasteiger partial charge < -0.3 is 4.90 Å². The third-order valence-electron chi connectivity index (χ3n) is 3.88. The van der Waals surface area contributed by atoms with Gasteiger partial charge in [-0.2, -0.15) is 0 Å². The molecule has 0 bridgehead atoms. The topological polar surface area (TPSA) is 3.24 Å². The third kappa shape index (κ3) is 4.55. The lowest BCUT2D eigenvalue weighted by Gasteiger charge is -2.36. The molecule has 0 aromatic rings. The van der Waals surface area contributed by atoms with Crippen molar-refractivity contribution in [2.24, 2.45) is 11.8 Å². The average Bonchev–Trinajstić information content (AvgIpc) is 2.21. The molecule has 1 nitrogen and oxygen atoms in total. The predicted molar refractivity (Wildman–Crippen MR) is 68.1 cm³/mol. The monoisotopic (exact) mass is 211 g/mol. The minimum Gasteiger partial charge on any atom is -0.300 e. The van der Waals surface area contributed by atoms with Crippen molar-refractivity contribution >= 4 is 0 Å². The van der Waals surface area contributed by atoms with Gasteiger partial charge in [-0.05, 0) is 57.0 Å². The highest BCUT2D eigenvalue weighted by Crippen LogP contribution is 2.22. The van der Waals surface area contributed by atoms with Crippen LogP contribution in [-0.4, -0.2) is 24.0 Å². The van der Waals surface area contributed by atoms with Gasteiger partial charge in [-0.1, -0.05) is 27.7 Å². The van der Waals surface area contributed by atoms with Crippen LogP contribution in [0.5, 0.6) is 0 Å². The van der Waals surface area contributed by atoms with Gasteiger partial charge >= 0.3 is 0 Å². The summed E-state index contributed by atoms with van der Waals surface area (Å²) in [5, 5.41) is 0. The second-order valence-electron chi connectivity index (χ2n) is 5.75. The molecule has 0 amide bonds. The van der Waals surface area contributed by atoms with Crippen LogP contribution in [0.3, 0.4) is 0 Å². The van der Waals surface area contributed by atoms with Crippen molar-refractivity contribution in [1.29, 1.82) is 0 Å². The van der Waals surface area contributed by atoms with Crippen LogP contribution in [0.1, 0.15) is 59.8 Å². The molecule has 1 fully saturated rings. The molecule has 1 atom stereocenters. The first-order valence-corrected chi connectivity index (χ1v) is 6.87. The fraction of sp³-hybridized carbons (Fsp3) is 1.00. The Morgan fingerprint density at radius 2 is 1.73 bits per heavy atom. The Morgan fingerprint density at radius 3 is 2.20 bits per heavy atom. The molecular weight excluding hydrogens is 182 g/mol. The maximum absolute atomic E-state index is 2.74. The van der Waals surface area contributed by atoms with Crippen LogP contribution in [0, 0.1) is 11.8 Å². The minimum atomic E-state index is 0.861. The molecule has 0 saturated carbocycles. The van der Waals surface area contributed by atoms with Gasteiger partial charge in [0, 0.05) is 6.04 Å². The average molecular weight is 211 g/mol. The van der Waals surface area contributed by atoms with Gasteiger partial charge in [-0.3, -0.25) is 0 Å². The minimum absolute atomic E-state index is 0.861. The van der Waals surface area contributed by atoms with E-state index in [1.54, 1.807) is 0 Å². The summed E-state index contributed by atoms with van der Waals surface area (Å²) in [6.07, 6.45) is 6.96. The Hall–Kier alpha value is -0.0400. The van der Waals surface area contributed by atoms with Crippen LogP contribution in [-0.2, 0) is 0 Å². The van der Waals surface area contributed by atoms with Crippen LogP contribution in [0.15, 0.2) is 0 Å². The van der Waals surface area contributed by atoms with E-state index in [4.69, 9.17) is 0 Å². The molecule has 0 N–H and O–H groups in total. The first-order valence-electron chi connectivity index (χ1n) is 6.87. The van der Waals surface area contributed by atoms with E-state index in [0.29, 0.717) is 0 Å². The SMILES string of the molecule is CCC(CCC(C)C)N1CCC(C)CC1. The van der Waals surface area contributed by atoms with Gasteiger partial charge in [-0.25, -0.2) is 0 Å². The Kier molecular flexibility index (Phi) is 5.66. The van der Waals surface area contributed by atoms with Crippen LogP contribution >= 0.6 is 0 Å². The van der Waals surface area contributed by atoms with Gasteiger partial charge in [0.25, 0.3) is 0 Å². The molecule has 1 heterocycles. The number of hydrogen-bond acceptors (Lipinski definition) is 1. The summed E-state index contributed by atoms with van der Waals surface area (Å²) in [4.78, 5) is 2.74. The molecular formula is C14H29N. The largest absolute Gasteiger partial charge is 0.300 e. The van der Waals surface area contributed by atoms with Crippen LogP contribution in [0.2, 0.25) is 0 Å². The second-order valence-corrected chi connectivity index (χ2v) is 5.75. The van der Waals surface area contributed by atoms with Gasteiger partial charge in [0.2, 0.25) is 0 Å². The molecule has 1 rings (SSSR count). The smallest absolute Gasteiger partial charge is 0.00927 e. The number of rotatable bonds is 5. The molecule has 1 unspecified atom stereocenters. The van der Waals surface area contributed by atoms with Crippen molar-refractivity contribution in [3.63, 3.8) is 0 Å². The zero-order chi connectivity index (χ0) is 11.3. The van der Waals surface area contributed by atoms with Crippen molar-refractivity contribution in [3.8, 4) is 0 Å². The Morgan fingerprint density at radius 1 is 1.13 bits per heavy atom. The maximum Gasteiger partial charge on any atom is 0.00927 e. The number of likely N-dealkylation sites (tertiary alicyclic amines) is 1. The molecule has 1 saturated heterocycles. The van der Waals surface area contributed by atoms with E-state index in [1.165, 1.54) is 45.2 Å². The highest BCUT2D eigenvalue weighted by molar-refractivity contribution is 4.76. The van der Waals surface area contributed by atoms with Crippen molar-refractivity contribution in [1.82, 2.24) is 4.90 Å². The zero-order valence-electron chi connectivity index (χ0n) is 11.1. The first kappa shape index (κ1) is 13.0. The quantitative estimate of drug-likeness (QED) is 0.666. The van der Waals surface area contributed by atoms with E-state index in [9.17, 15) is 0 Å².